The van der Waals surface area contributed by atoms with Crippen molar-refractivity contribution in [3.8, 4) is 5.75 Å². The Morgan fingerprint density at radius 2 is 1.50 bits per heavy atom. The Hall–Kier alpha value is -1.30. The summed E-state index contributed by atoms with van der Waals surface area (Å²) in [6.07, 6.45) is 2.25. The minimum atomic E-state index is -1.54. The van der Waals surface area contributed by atoms with Crippen LogP contribution in [-0.4, -0.2) is 6.61 Å². The summed E-state index contributed by atoms with van der Waals surface area (Å²) in [5.74, 6) is -7.08. The molecular formula is C12H15F4NO. The van der Waals surface area contributed by atoms with Gasteiger partial charge in [0.05, 0.1) is 6.61 Å². The van der Waals surface area contributed by atoms with Crippen LogP contribution in [0.4, 0.5) is 17.6 Å². The molecule has 0 radical (unpaired) electrons. The molecule has 0 unspecified atom stereocenters. The first-order chi connectivity index (χ1) is 8.54. The summed E-state index contributed by atoms with van der Waals surface area (Å²) < 4.78 is 58.3. The van der Waals surface area contributed by atoms with Gasteiger partial charge in [-0.2, -0.15) is 8.78 Å². The number of hydrogen-bond acceptors (Lipinski definition) is 2. The molecule has 0 spiro atoms. The van der Waals surface area contributed by atoms with Crippen LogP contribution in [0.2, 0.25) is 0 Å². The largest absolute Gasteiger partial charge is 0.487 e. The molecule has 18 heavy (non-hydrogen) atoms. The van der Waals surface area contributed by atoms with Crippen LogP contribution < -0.4 is 10.5 Å². The third-order valence-electron chi connectivity index (χ3n) is 2.51. The summed E-state index contributed by atoms with van der Waals surface area (Å²) in [7, 11) is 0. The molecule has 0 fully saturated rings. The smallest absolute Gasteiger partial charge is 0.204 e. The Morgan fingerprint density at radius 3 is 1.94 bits per heavy atom. The van der Waals surface area contributed by atoms with E-state index in [0.717, 1.165) is 12.8 Å². The molecule has 0 aliphatic rings. The van der Waals surface area contributed by atoms with E-state index in [2.05, 4.69) is 0 Å². The zero-order chi connectivity index (χ0) is 13.7. The minimum Gasteiger partial charge on any atom is -0.487 e. The van der Waals surface area contributed by atoms with Crippen LogP contribution in [0.15, 0.2) is 0 Å². The van der Waals surface area contributed by atoms with Gasteiger partial charge in [-0.25, -0.2) is 8.78 Å². The van der Waals surface area contributed by atoms with Gasteiger partial charge in [0.2, 0.25) is 11.6 Å². The summed E-state index contributed by atoms with van der Waals surface area (Å²) in [6, 6.07) is 0. The Morgan fingerprint density at radius 1 is 0.944 bits per heavy atom. The number of ether oxygens (including phenoxy) is 1. The van der Waals surface area contributed by atoms with Crippen molar-refractivity contribution in [1.82, 2.24) is 0 Å². The van der Waals surface area contributed by atoms with E-state index >= 15 is 0 Å². The summed E-state index contributed by atoms with van der Waals surface area (Å²) in [4.78, 5) is 0. The lowest BCUT2D eigenvalue weighted by Crippen LogP contribution is -2.11. The molecule has 0 bridgehead atoms. The van der Waals surface area contributed by atoms with Crippen molar-refractivity contribution in [2.45, 2.75) is 32.7 Å². The van der Waals surface area contributed by atoms with E-state index < -0.39 is 41.1 Å². The zero-order valence-electron chi connectivity index (χ0n) is 10.0. The fraction of sp³-hybridized carbons (Fsp3) is 0.500. The normalized spacial score (nSPS) is 10.8. The number of hydrogen-bond donors (Lipinski definition) is 1. The molecule has 6 heteroatoms. The maximum atomic E-state index is 13.4. The van der Waals surface area contributed by atoms with Crippen LogP contribution in [0.5, 0.6) is 5.75 Å². The van der Waals surface area contributed by atoms with Crippen LogP contribution in [0.1, 0.15) is 31.7 Å². The Kier molecular flexibility index (Phi) is 5.40. The van der Waals surface area contributed by atoms with E-state index in [4.69, 9.17) is 10.5 Å². The number of rotatable bonds is 6. The average Bonchev–Trinajstić information content (AvgIpc) is 2.36. The van der Waals surface area contributed by atoms with Gasteiger partial charge in [-0.05, 0) is 6.42 Å². The van der Waals surface area contributed by atoms with Crippen LogP contribution >= 0.6 is 0 Å². The van der Waals surface area contributed by atoms with Gasteiger partial charge in [0.15, 0.2) is 17.4 Å². The van der Waals surface area contributed by atoms with Gasteiger partial charge >= 0.3 is 0 Å². The standard InChI is InChI=1S/C12H15F4NO/c1-2-3-4-5-18-12-10(15)8(13)7(6-17)9(14)11(12)16/h2-6,17H2,1H3. The third kappa shape index (κ3) is 2.93. The van der Waals surface area contributed by atoms with Crippen molar-refractivity contribution in [3.63, 3.8) is 0 Å². The summed E-state index contributed by atoms with van der Waals surface area (Å²) >= 11 is 0. The topological polar surface area (TPSA) is 35.2 Å². The molecule has 102 valence electrons. The van der Waals surface area contributed by atoms with E-state index in [1.807, 2.05) is 6.92 Å². The molecule has 0 aliphatic heterocycles. The predicted molar refractivity (Wildman–Crippen MR) is 59.2 cm³/mol. The summed E-state index contributed by atoms with van der Waals surface area (Å²) in [5, 5.41) is 0. The Bertz CT molecular complexity index is 394. The lowest BCUT2D eigenvalue weighted by molar-refractivity contribution is 0.263. The Labute approximate surface area is 103 Å². The lowest BCUT2D eigenvalue weighted by Gasteiger charge is -2.12. The molecular weight excluding hydrogens is 250 g/mol. The van der Waals surface area contributed by atoms with Crippen LogP contribution in [0.25, 0.3) is 0 Å². The van der Waals surface area contributed by atoms with Crippen molar-refractivity contribution >= 4 is 0 Å². The van der Waals surface area contributed by atoms with Crippen LogP contribution in [-0.2, 0) is 6.54 Å². The highest BCUT2D eigenvalue weighted by atomic mass is 19.2. The number of benzene rings is 1. The molecule has 0 aromatic heterocycles. The van der Waals surface area contributed by atoms with Gasteiger partial charge in [0.1, 0.15) is 0 Å². The first-order valence-electron chi connectivity index (χ1n) is 5.72. The maximum Gasteiger partial charge on any atom is 0.204 e. The van der Waals surface area contributed by atoms with Gasteiger partial charge in [-0.1, -0.05) is 19.8 Å². The number of halogens is 4. The quantitative estimate of drug-likeness (QED) is 0.486. The van der Waals surface area contributed by atoms with Crippen molar-refractivity contribution in [2.24, 2.45) is 5.73 Å². The first kappa shape index (κ1) is 14.8. The SMILES string of the molecule is CCCCCOc1c(F)c(F)c(CN)c(F)c1F. The lowest BCUT2D eigenvalue weighted by atomic mass is 10.1. The molecule has 1 aromatic carbocycles. The van der Waals surface area contributed by atoms with Crippen molar-refractivity contribution in [1.29, 1.82) is 0 Å². The summed E-state index contributed by atoms with van der Waals surface area (Å²) in [6.45, 7) is 1.32. The van der Waals surface area contributed by atoms with Crippen LogP contribution in [0.3, 0.4) is 0 Å². The number of unbranched alkanes of at least 4 members (excludes halogenated alkanes) is 2. The van der Waals surface area contributed by atoms with Gasteiger partial charge in [0, 0.05) is 12.1 Å². The van der Waals surface area contributed by atoms with E-state index in [1.54, 1.807) is 0 Å². The molecule has 0 heterocycles. The van der Waals surface area contributed by atoms with E-state index in [9.17, 15) is 17.6 Å². The van der Waals surface area contributed by atoms with Crippen molar-refractivity contribution in [2.75, 3.05) is 6.61 Å². The molecule has 0 amide bonds. The van der Waals surface area contributed by atoms with Gasteiger partial charge < -0.3 is 10.5 Å². The number of nitrogens with two attached hydrogens (primary N) is 1. The first-order valence-corrected chi connectivity index (χ1v) is 5.72. The second-order valence-corrected chi connectivity index (χ2v) is 3.82. The fourth-order valence-corrected chi connectivity index (χ4v) is 1.49. The second kappa shape index (κ2) is 6.58. The molecule has 0 saturated heterocycles. The fourth-order valence-electron chi connectivity index (χ4n) is 1.49. The highest BCUT2D eigenvalue weighted by Crippen LogP contribution is 2.29. The molecule has 1 rings (SSSR count). The maximum absolute atomic E-state index is 13.4. The molecule has 0 aliphatic carbocycles. The molecule has 2 N–H and O–H groups in total. The predicted octanol–water partition coefficient (Wildman–Crippen LogP) is 3.27. The third-order valence-corrected chi connectivity index (χ3v) is 2.51. The Balaban J connectivity index is 2.98. The monoisotopic (exact) mass is 265 g/mol. The zero-order valence-corrected chi connectivity index (χ0v) is 10.0. The van der Waals surface area contributed by atoms with E-state index in [1.165, 1.54) is 0 Å². The van der Waals surface area contributed by atoms with E-state index in [0.29, 0.717) is 6.42 Å². The van der Waals surface area contributed by atoms with E-state index in [-0.39, 0.29) is 6.61 Å². The van der Waals surface area contributed by atoms with Gasteiger partial charge in [-0.3, -0.25) is 0 Å². The van der Waals surface area contributed by atoms with Gasteiger partial charge in [0.25, 0.3) is 0 Å². The molecule has 1 aromatic rings. The average molecular weight is 265 g/mol. The van der Waals surface area contributed by atoms with Crippen molar-refractivity contribution < 1.29 is 22.3 Å². The van der Waals surface area contributed by atoms with Crippen LogP contribution in [0, 0.1) is 23.3 Å². The molecule has 0 saturated carbocycles. The highest BCUT2D eigenvalue weighted by Gasteiger charge is 2.25. The van der Waals surface area contributed by atoms with Gasteiger partial charge in [-0.15, -0.1) is 0 Å². The molecule has 0 atom stereocenters. The summed E-state index contributed by atoms with van der Waals surface area (Å²) in [5.41, 5.74) is 4.21. The molecule has 2 nitrogen and oxygen atoms in total. The highest BCUT2D eigenvalue weighted by molar-refractivity contribution is 5.34. The van der Waals surface area contributed by atoms with Crippen molar-refractivity contribution in [3.05, 3.63) is 28.8 Å². The second-order valence-electron chi connectivity index (χ2n) is 3.82. The minimum absolute atomic E-state index is 0.00251.